The van der Waals surface area contributed by atoms with Crippen LogP contribution in [0.3, 0.4) is 0 Å². The zero-order valence-corrected chi connectivity index (χ0v) is 11.8. The summed E-state index contributed by atoms with van der Waals surface area (Å²) < 4.78 is 0. The van der Waals surface area contributed by atoms with Crippen molar-refractivity contribution in [3.05, 3.63) is 76.4 Å². The SMILES string of the molecule is NCc1cc(Cc2ccc(Cl)cc2)c2ccccc2n1. The van der Waals surface area contributed by atoms with Crippen LogP contribution in [0.1, 0.15) is 16.8 Å². The Kier molecular flexibility index (Phi) is 3.68. The van der Waals surface area contributed by atoms with E-state index >= 15 is 0 Å². The molecule has 20 heavy (non-hydrogen) atoms. The fourth-order valence-electron chi connectivity index (χ4n) is 2.38. The predicted molar refractivity (Wildman–Crippen MR) is 83.9 cm³/mol. The minimum absolute atomic E-state index is 0.457. The number of para-hydroxylation sites is 1. The van der Waals surface area contributed by atoms with E-state index in [0.717, 1.165) is 22.7 Å². The van der Waals surface area contributed by atoms with Crippen LogP contribution in [0.25, 0.3) is 10.9 Å². The molecular weight excluding hydrogens is 268 g/mol. The van der Waals surface area contributed by atoms with Crippen molar-refractivity contribution in [3.8, 4) is 0 Å². The molecule has 0 amide bonds. The molecule has 0 aliphatic heterocycles. The zero-order chi connectivity index (χ0) is 13.9. The van der Waals surface area contributed by atoms with Gasteiger partial charge in [-0.1, -0.05) is 41.9 Å². The molecule has 0 saturated heterocycles. The van der Waals surface area contributed by atoms with Gasteiger partial charge in [0.2, 0.25) is 0 Å². The van der Waals surface area contributed by atoms with Gasteiger partial charge in [-0.15, -0.1) is 0 Å². The molecule has 0 aliphatic carbocycles. The Hall–Kier alpha value is -1.90. The Bertz CT molecular complexity index is 736. The Morgan fingerprint density at radius 1 is 1.00 bits per heavy atom. The highest BCUT2D eigenvalue weighted by molar-refractivity contribution is 6.30. The second-order valence-electron chi connectivity index (χ2n) is 4.80. The normalized spacial score (nSPS) is 10.9. The Labute approximate surface area is 123 Å². The summed E-state index contributed by atoms with van der Waals surface area (Å²) in [7, 11) is 0. The van der Waals surface area contributed by atoms with Crippen LogP contribution in [-0.2, 0) is 13.0 Å². The van der Waals surface area contributed by atoms with E-state index in [1.807, 2.05) is 30.3 Å². The van der Waals surface area contributed by atoms with E-state index in [2.05, 4.69) is 29.2 Å². The second-order valence-corrected chi connectivity index (χ2v) is 5.23. The molecule has 0 unspecified atom stereocenters. The van der Waals surface area contributed by atoms with Gasteiger partial charge in [0.1, 0.15) is 0 Å². The number of nitrogens with zero attached hydrogens (tertiary/aromatic N) is 1. The number of halogens is 1. The van der Waals surface area contributed by atoms with Crippen molar-refractivity contribution in [3.63, 3.8) is 0 Å². The van der Waals surface area contributed by atoms with E-state index < -0.39 is 0 Å². The van der Waals surface area contributed by atoms with Crippen LogP contribution in [0.4, 0.5) is 0 Å². The average Bonchev–Trinajstić information content (AvgIpc) is 2.49. The van der Waals surface area contributed by atoms with Crippen molar-refractivity contribution < 1.29 is 0 Å². The van der Waals surface area contributed by atoms with Crippen LogP contribution < -0.4 is 5.73 Å². The number of hydrogen-bond donors (Lipinski definition) is 1. The third kappa shape index (κ3) is 2.67. The summed E-state index contributed by atoms with van der Waals surface area (Å²) in [5, 5.41) is 1.94. The van der Waals surface area contributed by atoms with Crippen LogP contribution >= 0.6 is 11.6 Å². The number of hydrogen-bond acceptors (Lipinski definition) is 2. The zero-order valence-electron chi connectivity index (χ0n) is 11.0. The first-order chi connectivity index (χ1) is 9.76. The molecule has 3 rings (SSSR count). The fourth-order valence-corrected chi connectivity index (χ4v) is 2.51. The summed E-state index contributed by atoms with van der Waals surface area (Å²) in [4.78, 5) is 4.56. The number of aromatic nitrogens is 1. The van der Waals surface area contributed by atoms with Gasteiger partial charge >= 0.3 is 0 Å². The van der Waals surface area contributed by atoms with Gasteiger partial charge in [-0.05, 0) is 41.8 Å². The van der Waals surface area contributed by atoms with Gasteiger partial charge in [0.25, 0.3) is 0 Å². The van der Waals surface area contributed by atoms with E-state index in [9.17, 15) is 0 Å². The maximum Gasteiger partial charge on any atom is 0.0708 e. The molecule has 0 saturated carbocycles. The molecule has 0 atom stereocenters. The van der Waals surface area contributed by atoms with Crippen molar-refractivity contribution in [1.82, 2.24) is 4.98 Å². The minimum atomic E-state index is 0.457. The van der Waals surface area contributed by atoms with Crippen molar-refractivity contribution in [2.75, 3.05) is 0 Å². The largest absolute Gasteiger partial charge is 0.325 e. The Morgan fingerprint density at radius 2 is 1.75 bits per heavy atom. The van der Waals surface area contributed by atoms with Crippen molar-refractivity contribution in [1.29, 1.82) is 0 Å². The summed E-state index contributed by atoms with van der Waals surface area (Å²) in [5.74, 6) is 0. The molecule has 0 fully saturated rings. The molecule has 0 bridgehead atoms. The summed E-state index contributed by atoms with van der Waals surface area (Å²) in [6, 6.07) is 18.2. The monoisotopic (exact) mass is 282 g/mol. The van der Waals surface area contributed by atoms with Crippen molar-refractivity contribution in [2.45, 2.75) is 13.0 Å². The molecule has 2 aromatic carbocycles. The first-order valence-electron chi connectivity index (χ1n) is 6.58. The molecular formula is C17H15ClN2. The van der Waals surface area contributed by atoms with Gasteiger partial charge in [-0.25, -0.2) is 0 Å². The fraction of sp³-hybridized carbons (Fsp3) is 0.118. The molecule has 100 valence electrons. The second kappa shape index (κ2) is 5.61. The molecule has 3 aromatic rings. The van der Waals surface area contributed by atoms with Gasteiger partial charge < -0.3 is 5.73 Å². The number of pyridine rings is 1. The van der Waals surface area contributed by atoms with E-state index in [-0.39, 0.29) is 0 Å². The van der Waals surface area contributed by atoms with Gasteiger partial charge in [0, 0.05) is 17.0 Å². The van der Waals surface area contributed by atoms with E-state index in [1.54, 1.807) is 0 Å². The number of fused-ring (bicyclic) bond motifs is 1. The lowest BCUT2D eigenvalue weighted by atomic mass is 10.00. The topological polar surface area (TPSA) is 38.9 Å². The summed E-state index contributed by atoms with van der Waals surface area (Å²) in [6.07, 6.45) is 0.854. The molecule has 0 spiro atoms. The molecule has 0 radical (unpaired) electrons. The summed E-state index contributed by atoms with van der Waals surface area (Å²) >= 11 is 5.93. The van der Waals surface area contributed by atoms with Crippen molar-refractivity contribution >= 4 is 22.5 Å². The number of nitrogens with two attached hydrogens (primary N) is 1. The van der Waals surface area contributed by atoms with Crippen LogP contribution in [0.2, 0.25) is 5.02 Å². The molecule has 1 heterocycles. The Balaban J connectivity index is 2.07. The average molecular weight is 283 g/mol. The van der Waals surface area contributed by atoms with E-state index in [4.69, 9.17) is 17.3 Å². The van der Waals surface area contributed by atoms with E-state index in [1.165, 1.54) is 16.5 Å². The van der Waals surface area contributed by atoms with Gasteiger partial charge in [-0.3, -0.25) is 4.98 Å². The minimum Gasteiger partial charge on any atom is -0.325 e. The maximum absolute atomic E-state index is 5.93. The number of rotatable bonds is 3. The standard InChI is InChI=1S/C17H15ClN2/c18-14-7-5-12(6-8-14)9-13-10-15(11-19)20-17-4-2-1-3-16(13)17/h1-8,10H,9,11,19H2. The predicted octanol–water partition coefficient (Wildman–Crippen LogP) is 3.94. The lowest BCUT2D eigenvalue weighted by Gasteiger charge is -2.09. The molecule has 2 N–H and O–H groups in total. The summed E-state index contributed by atoms with van der Waals surface area (Å²) in [6.45, 7) is 0.457. The Morgan fingerprint density at radius 3 is 2.50 bits per heavy atom. The smallest absolute Gasteiger partial charge is 0.0708 e. The third-order valence-corrected chi connectivity index (χ3v) is 3.62. The first-order valence-corrected chi connectivity index (χ1v) is 6.96. The molecule has 3 heteroatoms. The molecule has 0 aliphatic rings. The van der Waals surface area contributed by atoms with Crippen LogP contribution in [0.15, 0.2) is 54.6 Å². The lowest BCUT2D eigenvalue weighted by Crippen LogP contribution is -2.02. The van der Waals surface area contributed by atoms with Crippen LogP contribution in [0, 0.1) is 0 Å². The van der Waals surface area contributed by atoms with Gasteiger partial charge in [-0.2, -0.15) is 0 Å². The van der Waals surface area contributed by atoms with Gasteiger partial charge in [0.05, 0.1) is 11.2 Å². The quantitative estimate of drug-likeness (QED) is 0.790. The summed E-state index contributed by atoms with van der Waals surface area (Å²) in [5.41, 5.74) is 10.1. The van der Waals surface area contributed by atoms with Crippen LogP contribution in [-0.4, -0.2) is 4.98 Å². The number of benzene rings is 2. The van der Waals surface area contributed by atoms with Gasteiger partial charge in [0.15, 0.2) is 0 Å². The van der Waals surface area contributed by atoms with Crippen molar-refractivity contribution in [2.24, 2.45) is 5.73 Å². The molecule has 2 nitrogen and oxygen atoms in total. The maximum atomic E-state index is 5.93. The molecule has 1 aromatic heterocycles. The highest BCUT2D eigenvalue weighted by atomic mass is 35.5. The third-order valence-electron chi connectivity index (χ3n) is 3.37. The highest BCUT2D eigenvalue weighted by Gasteiger charge is 2.06. The van der Waals surface area contributed by atoms with E-state index in [0.29, 0.717) is 6.54 Å². The lowest BCUT2D eigenvalue weighted by molar-refractivity contribution is 0.996. The highest BCUT2D eigenvalue weighted by Crippen LogP contribution is 2.22. The first kappa shape index (κ1) is 13.1. The van der Waals surface area contributed by atoms with Crippen LogP contribution in [0.5, 0.6) is 0 Å².